The summed E-state index contributed by atoms with van der Waals surface area (Å²) in [6.07, 6.45) is 1.11. The van der Waals surface area contributed by atoms with Gasteiger partial charge in [0.2, 0.25) is 0 Å². The first kappa shape index (κ1) is 12.0. The van der Waals surface area contributed by atoms with Crippen molar-refractivity contribution in [1.82, 2.24) is 5.48 Å². The molecule has 0 fully saturated rings. The summed E-state index contributed by atoms with van der Waals surface area (Å²) >= 11 is 0. The molecule has 1 N–H and O–H groups in total. The molecule has 6 nitrogen and oxygen atoms in total. The summed E-state index contributed by atoms with van der Waals surface area (Å²) in [5.74, 6) is 0.135. The van der Waals surface area contributed by atoms with Gasteiger partial charge in [-0.05, 0) is 18.6 Å². The van der Waals surface area contributed by atoms with Gasteiger partial charge >= 0.3 is 0 Å². The zero-order chi connectivity index (χ0) is 12.0. The van der Waals surface area contributed by atoms with E-state index in [0.29, 0.717) is 12.2 Å². The van der Waals surface area contributed by atoms with Gasteiger partial charge in [0.25, 0.3) is 11.6 Å². The van der Waals surface area contributed by atoms with Crippen molar-refractivity contribution < 1.29 is 14.6 Å². The SMILES string of the molecule is CCCC(=O)NOc1ccc([N+](=O)[O-])cc1. The molecule has 86 valence electrons. The van der Waals surface area contributed by atoms with Crippen LogP contribution < -0.4 is 10.3 Å². The van der Waals surface area contributed by atoms with E-state index in [2.05, 4.69) is 5.48 Å². The van der Waals surface area contributed by atoms with Gasteiger partial charge in [0, 0.05) is 18.6 Å². The predicted octanol–water partition coefficient (Wildman–Crippen LogP) is 1.80. The van der Waals surface area contributed by atoms with Crippen molar-refractivity contribution in [3.05, 3.63) is 34.4 Å². The van der Waals surface area contributed by atoms with Crippen molar-refractivity contribution in [2.45, 2.75) is 19.8 Å². The number of carbonyl (C=O) groups is 1. The zero-order valence-electron chi connectivity index (χ0n) is 8.80. The van der Waals surface area contributed by atoms with Crippen LogP contribution in [0.15, 0.2) is 24.3 Å². The Balaban J connectivity index is 2.49. The number of nitrogens with zero attached hydrogens (tertiary/aromatic N) is 1. The van der Waals surface area contributed by atoms with Crippen molar-refractivity contribution in [2.75, 3.05) is 0 Å². The van der Waals surface area contributed by atoms with Crippen molar-refractivity contribution in [3.63, 3.8) is 0 Å². The van der Waals surface area contributed by atoms with Crippen LogP contribution >= 0.6 is 0 Å². The summed E-state index contributed by atoms with van der Waals surface area (Å²) in [7, 11) is 0. The topological polar surface area (TPSA) is 81.5 Å². The minimum absolute atomic E-state index is 0.0211. The third-order valence-electron chi connectivity index (χ3n) is 1.81. The first-order valence-electron chi connectivity index (χ1n) is 4.83. The van der Waals surface area contributed by atoms with Crippen LogP contribution in [0.5, 0.6) is 5.75 Å². The Kier molecular flexibility index (Phi) is 4.26. The number of carbonyl (C=O) groups excluding carboxylic acids is 1. The van der Waals surface area contributed by atoms with Crippen LogP contribution in [0.1, 0.15) is 19.8 Å². The fourth-order valence-electron chi connectivity index (χ4n) is 1.03. The number of non-ortho nitro benzene ring substituents is 1. The summed E-state index contributed by atoms with van der Waals surface area (Å²) < 4.78 is 0. The molecule has 0 spiro atoms. The number of benzene rings is 1. The maximum absolute atomic E-state index is 11.0. The van der Waals surface area contributed by atoms with Gasteiger partial charge in [0.15, 0.2) is 5.75 Å². The van der Waals surface area contributed by atoms with E-state index in [4.69, 9.17) is 4.84 Å². The highest BCUT2D eigenvalue weighted by Crippen LogP contribution is 2.16. The van der Waals surface area contributed by atoms with Gasteiger partial charge in [0.05, 0.1) is 4.92 Å². The van der Waals surface area contributed by atoms with Gasteiger partial charge in [-0.3, -0.25) is 14.9 Å². The normalized spacial score (nSPS) is 9.56. The number of hydroxylamine groups is 1. The number of hydrogen-bond acceptors (Lipinski definition) is 4. The summed E-state index contributed by atoms with van der Waals surface area (Å²) in [6.45, 7) is 1.88. The zero-order valence-corrected chi connectivity index (χ0v) is 8.80. The van der Waals surface area contributed by atoms with E-state index in [1.54, 1.807) is 0 Å². The quantitative estimate of drug-likeness (QED) is 0.610. The minimum atomic E-state index is -0.501. The molecule has 1 aromatic rings. The lowest BCUT2D eigenvalue weighted by molar-refractivity contribution is -0.384. The third kappa shape index (κ3) is 3.56. The van der Waals surface area contributed by atoms with Crippen LogP contribution in [0.2, 0.25) is 0 Å². The number of nitrogens with one attached hydrogen (secondary N) is 1. The van der Waals surface area contributed by atoms with E-state index in [-0.39, 0.29) is 11.6 Å². The molecule has 0 aliphatic rings. The first-order valence-corrected chi connectivity index (χ1v) is 4.83. The maximum Gasteiger partial charge on any atom is 0.269 e. The van der Waals surface area contributed by atoms with E-state index < -0.39 is 4.92 Å². The average molecular weight is 224 g/mol. The summed E-state index contributed by atoms with van der Waals surface area (Å²) in [4.78, 5) is 25.8. The lowest BCUT2D eigenvalue weighted by atomic mass is 10.3. The van der Waals surface area contributed by atoms with Crippen molar-refractivity contribution in [1.29, 1.82) is 0 Å². The van der Waals surface area contributed by atoms with Crippen LogP contribution in [-0.2, 0) is 4.79 Å². The lowest BCUT2D eigenvalue weighted by Gasteiger charge is -2.05. The lowest BCUT2D eigenvalue weighted by Crippen LogP contribution is -2.26. The Morgan fingerprint density at radius 2 is 2.06 bits per heavy atom. The highest BCUT2D eigenvalue weighted by atomic mass is 16.7. The Hall–Kier alpha value is -2.11. The van der Waals surface area contributed by atoms with Gasteiger partial charge in [-0.25, -0.2) is 0 Å². The molecule has 1 rings (SSSR count). The molecule has 6 heteroatoms. The molecule has 1 aromatic carbocycles. The Labute approximate surface area is 92.3 Å². The fourth-order valence-corrected chi connectivity index (χ4v) is 1.03. The number of amides is 1. The average Bonchev–Trinajstić information content (AvgIpc) is 2.27. The molecule has 0 saturated carbocycles. The molecule has 0 unspecified atom stereocenters. The Bertz CT molecular complexity index is 375. The maximum atomic E-state index is 11.0. The molecule has 0 aromatic heterocycles. The predicted molar refractivity (Wildman–Crippen MR) is 56.8 cm³/mol. The molecule has 0 aliphatic carbocycles. The van der Waals surface area contributed by atoms with Crippen LogP contribution in [0, 0.1) is 10.1 Å². The second-order valence-electron chi connectivity index (χ2n) is 3.13. The number of rotatable bonds is 5. The van der Waals surface area contributed by atoms with Gasteiger partial charge in [0.1, 0.15) is 0 Å². The van der Waals surface area contributed by atoms with Crippen LogP contribution in [0.3, 0.4) is 0 Å². The standard InChI is InChI=1S/C10H12N2O4/c1-2-3-10(13)11-16-9-6-4-8(5-7-9)12(14)15/h4-7H,2-3H2,1H3,(H,11,13). The summed E-state index contributed by atoms with van der Waals surface area (Å²) in [5.41, 5.74) is 2.22. The fraction of sp³-hybridized carbons (Fsp3) is 0.300. The Morgan fingerprint density at radius 1 is 1.44 bits per heavy atom. The van der Waals surface area contributed by atoms with Gasteiger partial charge < -0.3 is 4.84 Å². The molecular formula is C10H12N2O4. The minimum Gasteiger partial charge on any atom is -0.380 e. The number of hydrogen-bond donors (Lipinski definition) is 1. The van der Waals surface area contributed by atoms with Gasteiger partial charge in [-0.15, -0.1) is 0 Å². The summed E-state index contributed by atoms with van der Waals surface area (Å²) in [6, 6.07) is 5.46. The monoisotopic (exact) mass is 224 g/mol. The molecule has 0 radical (unpaired) electrons. The highest BCUT2D eigenvalue weighted by Gasteiger charge is 2.05. The van der Waals surface area contributed by atoms with Crippen LogP contribution in [0.25, 0.3) is 0 Å². The molecule has 1 amide bonds. The van der Waals surface area contributed by atoms with E-state index in [1.807, 2.05) is 6.92 Å². The van der Waals surface area contributed by atoms with Crippen molar-refractivity contribution in [2.24, 2.45) is 0 Å². The number of nitro benzene ring substituents is 1. The van der Waals surface area contributed by atoms with Crippen molar-refractivity contribution in [3.8, 4) is 5.75 Å². The molecule has 0 heterocycles. The smallest absolute Gasteiger partial charge is 0.269 e. The third-order valence-corrected chi connectivity index (χ3v) is 1.81. The number of nitro groups is 1. The summed E-state index contributed by atoms with van der Waals surface area (Å²) in [5, 5.41) is 10.4. The van der Waals surface area contributed by atoms with Gasteiger partial charge in [-0.1, -0.05) is 6.92 Å². The second kappa shape index (κ2) is 5.69. The van der Waals surface area contributed by atoms with E-state index in [9.17, 15) is 14.9 Å². The van der Waals surface area contributed by atoms with Crippen molar-refractivity contribution >= 4 is 11.6 Å². The molecular weight excluding hydrogens is 212 g/mol. The first-order chi connectivity index (χ1) is 7.63. The van der Waals surface area contributed by atoms with Gasteiger partial charge in [-0.2, -0.15) is 5.48 Å². The Morgan fingerprint density at radius 3 is 2.56 bits per heavy atom. The largest absolute Gasteiger partial charge is 0.380 e. The highest BCUT2D eigenvalue weighted by molar-refractivity contribution is 5.74. The molecule has 0 aliphatic heterocycles. The molecule has 0 atom stereocenters. The van der Waals surface area contributed by atoms with Crippen LogP contribution in [-0.4, -0.2) is 10.8 Å². The van der Waals surface area contributed by atoms with E-state index in [0.717, 1.165) is 6.42 Å². The van der Waals surface area contributed by atoms with E-state index in [1.165, 1.54) is 24.3 Å². The molecule has 0 saturated heterocycles. The second-order valence-corrected chi connectivity index (χ2v) is 3.13. The molecule has 16 heavy (non-hydrogen) atoms. The van der Waals surface area contributed by atoms with E-state index >= 15 is 0 Å². The van der Waals surface area contributed by atoms with Crippen LogP contribution in [0.4, 0.5) is 5.69 Å². The molecule has 0 bridgehead atoms.